The summed E-state index contributed by atoms with van der Waals surface area (Å²) in [5.41, 5.74) is 8.38. The average Bonchev–Trinajstić information content (AvgIpc) is 3.27. The van der Waals surface area contributed by atoms with Crippen molar-refractivity contribution in [1.82, 2.24) is 9.97 Å². The van der Waals surface area contributed by atoms with Gasteiger partial charge in [0.1, 0.15) is 22.7 Å². The number of hydrogen-bond donors (Lipinski definition) is 0. The number of aromatic nitrogens is 2. The summed E-state index contributed by atoms with van der Waals surface area (Å²) in [6.07, 6.45) is 1.01. The van der Waals surface area contributed by atoms with E-state index in [0.29, 0.717) is 5.71 Å². The van der Waals surface area contributed by atoms with Crippen LogP contribution in [0.4, 0.5) is 0 Å². The number of rotatable bonds is 5. The van der Waals surface area contributed by atoms with Gasteiger partial charge in [-0.2, -0.15) is 0 Å². The molecule has 4 heteroatoms. The van der Waals surface area contributed by atoms with Crippen molar-refractivity contribution in [3.05, 3.63) is 90.0 Å². The summed E-state index contributed by atoms with van der Waals surface area (Å²) in [5.74, 6) is 1.57. The number of methoxy groups -OCH3 is 1. The van der Waals surface area contributed by atoms with E-state index in [-0.39, 0.29) is 0 Å². The summed E-state index contributed by atoms with van der Waals surface area (Å²) in [7, 11) is 1.66. The van der Waals surface area contributed by atoms with Gasteiger partial charge in [0.25, 0.3) is 0 Å². The van der Waals surface area contributed by atoms with E-state index in [2.05, 4.69) is 62.4 Å². The molecule has 0 atom stereocenters. The van der Waals surface area contributed by atoms with Crippen LogP contribution in [-0.4, -0.2) is 17.1 Å². The first kappa shape index (κ1) is 20.0. The summed E-state index contributed by atoms with van der Waals surface area (Å²) in [4.78, 5) is 9.90. The van der Waals surface area contributed by atoms with Gasteiger partial charge in [-0.15, -0.1) is 0 Å². The molecule has 2 heterocycles. The number of benzene rings is 3. The van der Waals surface area contributed by atoms with Crippen molar-refractivity contribution in [3.8, 4) is 39.6 Å². The van der Waals surface area contributed by atoms with Crippen molar-refractivity contribution >= 4 is 11.2 Å². The molecular weight excluding hydrogens is 396 g/mol. The number of nitrogens with zero attached hydrogens (tertiary/aromatic N) is 2. The number of furan rings is 1. The summed E-state index contributed by atoms with van der Waals surface area (Å²) in [6, 6.07) is 26.6. The van der Waals surface area contributed by atoms with Gasteiger partial charge in [0, 0.05) is 22.8 Å². The second-order valence-electron chi connectivity index (χ2n) is 7.87. The molecule has 0 N–H and O–H groups in total. The first-order valence-corrected chi connectivity index (χ1v) is 10.8. The fraction of sp³-hybridized carbons (Fsp3) is 0.143. The number of aryl methyl sites for hydroxylation is 2. The second-order valence-corrected chi connectivity index (χ2v) is 7.87. The number of ether oxygens (including phenoxy) is 1. The Hall–Kier alpha value is -3.92. The normalized spacial score (nSPS) is 11.1. The van der Waals surface area contributed by atoms with E-state index in [1.165, 1.54) is 11.1 Å². The molecule has 158 valence electrons. The van der Waals surface area contributed by atoms with E-state index in [9.17, 15) is 0 Å². The Morgan fingerprint density at radius 2 is 1.34 bits per heavy atom. The van der Waals surface area contributed by atoms with Crippen LogP contribution in [0.5, 0.6) is 5.75 Å². The van der Waals surface area contributed by atoms with Gasteiger partial charge in [0.2, 0.25) is 5.71 Å². The zero-order valence-corrected chi connectivity index (χ0v) is 18.4. The molecule has 0 spiro atoms. The average molecular weight is 421 g/mol. The predicted octanol–water partition coefficient (Wildman–Crippen LogP) is 7.10. The van der Waals surface area contributed by atoms with Crippen LogP contribution in [0.2, 0.25) is 0 Å². The Kier molecular flexibility index (Phi) is 5.20. The van der Waals surface area contributed by atoms with Crippen LogP contribution < -0.4 is 4.74 Å². The van der Waals surface area contributed by atoms with Gasteiger partial charge in [-0.25, -0.2) is 9.97 Å². The fourth-order valence-corrected chi connectivity index (χ4v) is 3.77. The van der Waals surface area contributed by atoms with Crippen molar-refractivity contribution in [3.63, 3.8) is 0 Å². The molecule has 3 aromatic carbocycles. The van der Waals surface area contributed by atoms with Gasteiger partial charge < -0.3 is 9.15 Å². The predicted molar refractivity (Wildman–Crippen MR) is 129 cm³/mol. The Morgan fingerprint density at radius 3 is 1.97 bits per heavy atom. The molecule has 0 amide bonds. The maximum atomic E-state index is 6.15. The SMILES string of the molecule is CCc1ccc(-c2cc3nc(-c4ccc(C)cc4)c(-c4ccc(OC)cc4)nc3o2)cc1. The quantitative estimate of drug-likeness (QED) is 0.304. The summed E-state index contributed by atoms with van der Waals surface area (Å²) in [5, 5.41) is 0. The molecule has 0 aliphatic heterocycles. The molecule has 5 rings (SSSR count). The maximum Gasteiger partial charge on any atom is 0.246 e. The first-order valence-electron chi connectivity index (χ1n) is 10.8. The van der Waals surface area contributed by atoms with E-state index >= 15 is 0 Å². The van der Waals surface area contributed by atoms with E-state index in [0.717, 1.165) is 51.5 Å². The van der Waals surface area contributed by atoms with Crippen molar-refractivity contribution in [2.24, 2.45) is 0 Å². The smallest absolute Gasteiger partial charge is 0.246 e. The summed E-state index contributed by atoms with van der Waals surface area (Å²) < 4.78 is 11.5. The molecule has 0 saturated carbocycles. The lowest BCUT2D eigenvalue weighted by atomic mass is 10.0. The molecule has 0 fully saturated rings. The lowest BCUT2D eigenvalue weighted by molar-refractivity contribution is 0.415. The van der Waals surface area contributed by atoms with Gasteiger partial charge >= 0.3 is 0 Å². The highest BCUT2D eigenvalue weighted by atomic mass is 16.5. The molecule has 0 unspecified atom stereocenters. The fourth-order valence-electron chi connectivity index (χ4n) is 3.77. The van der Waals surface area contributed by atoms with E-state index < -0.39 is 0 Å². The van der Waals surface area contributed by atoms with Gasteiger partial charge in [0.05, 0.1) is 12.8 Å². The highest BCUT2D eigenvalue weighted by Crippen LogP contribution is 2.34. The van der Waals surface area contributed by atoms with Crippen molar-refractivity contribution in [2.75, 3.05) is 7.11 Å². The van der Waals surface area contributed by atoms with Crippen LogP contribution in [0.25, 0.3) is 45.1 Å². The molecule has 5 aromatic rings. The van der Waals surface area contributed by atoms with Crippen LogP contribution in [-0.2, 0) is 6.42 Å². The van der Waals surface area contributed by atoms with Crippen LogP contribution in [0, 0.1) is 6.92 Å². The van der Waals surface area contributed by atoms with Gasteiger partial charge in [-0.3, -0.25) is 0 Å². The molecule has 0 radical (unpaired) electrons. The number of hydrogen-bond acceptors (Lipinski definition) is 4. The monoisotopic (exact) mass is 420 g/mol. The van der Waals surface area contributed by atoms with Crippen LogP contribution in [0.3, 0.4) is 0 Å². The van der Waals surface area contributed by atoms with E-state index in [4.69, 9.17) is 19.1 Å². The minimum Gasteiger partial charge on any atom is -0.497 e. The minimum atomic E-state index is 0.529. The lowest BCUT2D eigenvalue weighted by Gasteiger charge is -2.09. The summed E-state index contributed by atoms with van der Waals surface area (Å²) in [6.45, 7) is 4.23. The van der Waals surface area contributed by atoms with Gasteiger partial charge in [-0.05, 0) is 43.2 Å². The van der Waals surface area contributed by atoms with Gasteiger partial charge in [0.15, 0.2) is 0 Å². The highest BCUT2D eigenvalue weighted by Gasteiger charge is 2.17. The molecule has 0 saturated heterocycles. The largest absolute Gasteiger partial charge is 0.497 e. The highest BCUT2D eigenvalue weighted by molar-refractivity contribution is 5.86. The molecule has 0 bridgehead atoms. The number of fused-ring (bicyclic) bond motifs is 1. The third kappa shape index (κ3) is 3.76. The molecule has 0 aliphatic carbocycles. The minimum absolute atomic E-state index is 0.529. The third-order valence-electron chi connectivity index (χ3n) is 5.70. The molecule has 4 nitrogen and oxygen atoms in total. The Labute approximate surface area is 187 Å². The Bertz CT molecular complexity index is 1370. The van der Waals surface area contributed by atoms with E-state index in [1.807, 2.05) is 30.3 Å². The first-order chi connectivity index (χ1) is 15.6. The maximum absolute atomic E-state index is 6.15. The Balaban J connectivity index is 1.67. The second kappa shape index (κ2) is 8.31. The third-order valence-corrected chi connectivity index (χ3v) is 5.70. The van der Waals surface area contributed by atoms with E-state index in [1.54, 1.807) is 7.11 Å². The van der Waals surface area contributed by atoms with Crippen LogP contribution >= 0.6 is 0 Å². The topological polar surface area (TPSA) is 48.2 Å². The standard InChI is InChI=1S/C28H24N2O2/c1-4-19-7-11-20(12-8-19)25-17-24-28(32-25)30-27(22-13-15-23(31-3)16-14-22)26(29-24)21-9-5-18(2)6-10-21/h5-17H,4H2,1-3H3. The zero-order chi connectivity index (χ0) is 22.1. The van der Waals surface area contributed by atoms with Crippen molar-refractivity contribution in [2.45, 2.75) is 20.3 Å². The molecule has 2 aromatic heterocycles. The molecular formula is C28H24N2O2. The molecule has 0 aliphatic rings. The Morgan fingerprint density at radius 1 is 0.750 bits per heavy atom. The zero-order valence-electron chi connectivity index (χ0n) is 18.4. The summed E-state index contributed by atoms with van der Waals surface area (Å²) >= 11 is 0. The van der Waals surface area contributed by atoms with Gasteiger partial charge in [-0.1, -0.05) is 61.0 Å². The van der Waals surface area contributed by atoms with Crippen LogP contribution in [0.15, 0.2) is 83.3 Å². The lowest BCUT2D eigenvalue weighted by Crippen LogP contribution is -1.94. The van der Waals surface area contributed by atoms with Crippen molar-refractivity contribution < 1.29 is 9.15 Å². The molecule has 32 heavy (non-hydrogen) atoms. The van der Waals surface area contributed by atoms with Crippen molar-refractivity contribution in [1.29, 1.82) is 0 Å². The van der Waals surface area contributed by atoms with Crippen LogP contribution in [0.1, 0.15) is 18.1 Å².